The first-order valence-corrected chi connectivity index (χ1v) is 4.31. The number of alkyl halides is 2. The summed E-state index contributed by atoms with van der Waals surface area (Å²) in [6.45, 7) is -0.258. The zero-order valence-electron chi connectivity index (χ0n) is 7.22. The van der Waals surface area contributed by atoms with E-state index in [0.717, 1.165) is 12.8 Å². The molecule has 0 saturated heterocycles. The molecule has 2 N–H and O–H groups in total. The first-order valence-electron chi connectivity index (χ1n) is 4.31. The van der Waals surface area contributed by atoms with Crippen LogP contribution in [0.5, 0.6) is 0 Å². The van der Waals surface area contributed by atoms with Crippen LogP contribution in [0.25, 0.3) is 0 Å². The zero-order valence-corrected chi connectivity index (χ0v) is 7.22. The van der Waals surface area contributed by atoms with Gasteiger partial charge in [0.1, 0.15) is 0 Å². The van der Waals surface area contributed by atoms with Crippen LogP contribution in [0.4, 0.5) is 8.78 Å². The van der Waals surface area contributed by atoms with Gasteiger partial charge in [0.25, 0.3) is 5.91 Å². The van der Waals surface area contributed by atoms with Gasteiger partial charge >= 0.3 is 6.43 Å². The minimum atomic E-state index is -3.00. The molecular weight excluding hydrogens is 180 g/mol. The standard InChI is InChI=1S/C8H13F2NO2/c9-6(10)7(13)11-8(5-12)3-1-2-4-8/h6,12H,1-5H2,(H,11,13). The van der Waals surface area contributed by atoms with Crippen molar-refractivity contribution in [3.8, 4) is 0 Å². The van der Waals surface area contributed by atoms with Crippen molar-refractivity contribution in [2.45, 2.75) is 37.6 Å². The summed E-state index contributed by atoms with van der Waals surface area (Å²) >= 11 is 0. The summed E-state index contributed by atoms with van der Waals surface area (Å²) in [6, 6.07) is 0. The lowest BCUT2D eigenvalue weighted by Gasteiger charge is -2.27. The average Bonchev–Trinajstić information content (AvgIpc) is 2.54. The van der Waals surface area contributed by atoms with Crippen LogP contribution in [0.15, 0.2) is 0 Å². The number of carbonyl (C=O) groups is 1. The van der Waals surface area contributed by atoms with Crippen LogP contribution >= 0.6 is 0 Å². The monoisotopic (exact) mass is 193 g/mol. The molecule has 0 heterocycles. The summed E-state index contributed by atoms with van der Waals surface area (Å²) < 4.78 is 23.8. The molecule has 1 fully saturated rings. The van der Waals surface area contributed by atoms with Gasteiger partial charge in [-0.2, -0.15) is 8.78 Å². The summed E-state index contributed by atoms with van der Waals surface area (Å²) in [6.07, 6.45) is -0.0954. The molecule has 0 atom stereocenters. The van der Waals surface area contributed by atoms with Gasteiger partial charge in [-0.1, -0.05) is 12.8 Å². The third kappa shape index (κ3) is 2.37. The number of amides is 1. The highest BCUT2D eigenvalue weighted by atomic mass is 19.3. The molecule has 1 aliphatic rings. The molecule has 0 aliphatic heterocycles. The molecule has 0 aromatic carbocycles. The predicted molar refractivity (Wildman–Crippen MR) is 42.4 cm³/mol. The first-order chi connectivity index (χ1) is 6.09. The van der Waals surface area contributed by atoms with E-state index in [1.807, 2.05) is 0 Å². The molecule has 1 aliphatic carbocycles. The van der Waals surface area contributed by atoms with Crippen molar-refractivity contribution in [3.05, 3.63) is 0 Å². The van der Waals surface area contributed by atoms with Crippen LogP contribution in [-0.2, 0) is 4.79 Å². The molecule has 0 spiro atoms. The number of aliphatic hydroxyl groups excluding tert-OH is 1. The SMILES string of the molecule is O=C(NC1(CO)CCCC1)C(F)F. The van der Waals surface area contributed by atoms with Gasteiger partial charge in [0.2, 0.25) is 0 Å². The van der Waals surface area contributed by atoms with Crippen LogP contribution in [-0.4, -0.2) is 29.6 Å². The van der Waals surface area contributed by atoms with Gasteiger partial charge in [-0.25, -0.2) is 0 Å². The Hall–Kier alpha value is -0.710. The smallest absolute Gasteiger partial charge is 0.315 e. The Morgan fingerprint density at radius 2 is 2.00 bits per heavy atom. The molecular formula is C8H13F2NO2. The van der Waals surface area contributed by atoms with Crippen molar-refractivity contribution in [2.75, 3.05) is 6.61 Å². The number of halogens is 2. The lowest BCUT2D eigenvalue weighted by atomic mass is 9.99. The number of hydrogen-bond acceptors (Lipinski definition) is 2. The van der Waals surface area contributed by atoms with Crippen molar-refractivity contribution < 1.29 is 18.7 Å². The van der Waals surface area contributed by atoms with Crippen LogP contribution in [0.2, 0.25) is 0 Å². The second-order valence-electron chi connectivity index (χ2n) is 3.44. The third-order valence-electron chi connectivity index (χ3n) is 2.45. The number of nitrogens with one attached hydrogen (secondary N) is 1. The molecule has 76 valence electrons. The molecule has 0 aromatic rings. The van der Waals surface area contributed by atoms with Gasteiger partial charge in [-0.3, -0.25) is 4.79 Å². The molecule has 3 nitrogen and oxygen atoms in total. The maximum atomic E-state index is 11.9. The molecule has 1 rings (SSSR count). The number of aliphatic hydroxyl groups is 1. The number of hydrogen-bond donors (Lipinski definition) is 2. The Balaban J connectivity index is 2.53. The summed E-state index contributed by atoms with van der Waals surface area (Å²) in [7, 11) is 0. The van der Waals surface area contributed by atoms with Gasteiger partial charge in [0.15, 0.2) is 0 Å². The lowest BCUT2D eigenvalue weighted by Crippen LogP contribution is -2.51. The first kappa shape index (κ1) is 10.4. The van der Waals surface area contributed by atoms with Crippen molar-refractivity contribution in [3.63, 3.8) is 0 Å². The fourth-order valence-electron chi connectivity index (χ4n) is 1.69. The van der Waals surface area contributed by atoms with Crippen LogP contribution in [0, 0.1) is 0 Å². The topological polar surface area (TPSA) is 49.3 Å². The van der Waals surface area contributed by atoms with Gasteiger partial charge < -0.3 is 10.4 Å². The molecule has 0 aromatic heterocycles. The summed E-state index contributed by atoms with van der Waals surface area (Å²) in [5.41, 5.74) is -0.784. The van der Waals surface area contributed by atoms with Crippen molar-refractivity contribution >= 4 is 5.91 Å². The minimum absolute atomic E-state index is 0.258. The van der Waals surface area contributed by atoms with E-state index in [4.69, 9.17) is 5.11 Å². The Bertz CT molecular complexity index is 191. The maximum absolute atomic E-state index is 11.9. The molecule has 0 unspecified atom stereocenters. The van der Waals surface area contributed by atoms with E-state index < -0.39 is 17.9 Å². The van der Waals surface area contributed by atoms with Gasteiger partial charge in [0.05, 0.1) is 12.1 Å². The molecule has 1 saturated carbocycles. The summed E-state index contributed by atoms with van der Waals surface area (Å²) in [5, 5.41) is 11.2. The highest BCUT2D eigenvalue weighted by molar-refractivity contribution is 5.79. The fourth-order valence-corrected chi connectivity index (χ4v) is 1.69. The van der Waals surface area contributed by atoms with E-state index in [1.54, 1.807) is 0 Å². The Kier molecular flexibility index (Phi) is 3.19. The molecule has 13 heavy (non-hydrogen) atoms. The van der Waals surface area contributed by atoms with E-state index >= 15 is 0 Å². The zero-order chi connectivity index (χ0) is 9.90. The lowest BCUT2D eigenvalue weighted by molar-refractivity contribution is -0.134. The van der Waals surface area contributed by atoms with E-state index in [2.05, 4.69) is 5.32 Å². The second-order valence-corrected chi connectivity index (χ2v) is 3.44. The van der Waals surface area contributed by atoms with E-state index in [0.29, 0.717) is 12.8 Å². The predicted octanol–water partition coefficient (Wildman–Crippen LogP) is 0.673. The molecule has 0 radical (unpaired) electrons. The summed E-state index contributed by atoms with van der Waals surface area (Å²) in [5.74, 6) is -1.28. The van der Waals surface area contributed by atoms with Crippen molar-refractivity contribution in [1.82, 2.24) is 5.32 Å². The highest BCUT2D eigenvalue weighted by Crippen LogP contribution is 2.29. The van der Waals surface area contributed by atoms with E-state index in [1.165, 1.54) is 0 Å². The van der Waals surface area contributed by atoms with E-state index in [-0.39, 0.29) is 6.61 Å². The number of carbonyl (C=O) groups excluding carboxylic acids is 1. The Morgan fingerprint density at radius 3 is 2.38 bits per heavy atom. The third-order valence-corrected chi connectivity index (χ3v) is 2.45. The molecule has 5 heteroatoms. The second kappa shape index (κ2) is 4.00. The van der Waals surface area contributed by atoms with Crippen molar-refractivity contribution in [1.29, 1.82) is 0 Å². The van der Waals surface area contributed by atoms with Gasteiger partial charge in [-0.05, 0) is 12.8 Å². The van der Waals surface area contributed by atoms with Crippen LogP contribution in [0.1, 0.15) is 25.7 Å². The molecule has 1 amide bonds. The van der Waals surface area contributed by atoms with E-state index in [9.17, 15) is 13.6 Å². The van der Waals surface area contributed by atoms with Crippen LogP contribution < -0.4 is 5.32 Å². The maximum Gasteiger partial charge on any atom is 0.315 e. The van der Waals surface area contributed by atoms with Gasteiger partial charge in [-0.15, -0.1) is 0 Å². The Labute approximate surface area is 75.1 Å². The molecule has 0 bridgehead atoms. The average molecular weight is 193 g/mol. The fraction of sp³-hybridized carbons (Fsp3) is 0.875. The largest absolute Gasteiger partial charge is 0.394 e. The number of rotatable bonds is 3. The minimum Gasteiger partial charge on any atom is -0.394 e. The van der Waals surface area contributed by atoms with Crippen LogP contribution in [0.3, 0.4) is 0 Å². The van der Waals surface area contributed by atoms with Crippen molar-refractivity contribution in [2.24, 2.45) is 0 Å². The normalized spacial score (nSPS) is 20.6. The van der Waals surface area contributed by atoms with Gasteiger partial charge in [0, 0.05) is 0 Å². The Morgan fingerprint density at radius 1 is 1.46 bits per heavy atom. The summed E-state index contributed by atoms with van der Waals surface area (Å²) in [4.78, 5) is 10.7. The quantitative estimate of drug-likeness (QED) is 0.692. The highest BCUT2D eigenvalue weighted by Gasteiger charge is 2.36.